The molecule has 16 heavy (non-hydrogen) atoms. The van der Waals surface area contributed by atoms with Crippen molar-refractivity contribution in [3.8, 4) is 0 Å². The maximum atomic E-state index is 11.4. The first-order chi connectivity index (χ1) is 7.28. The fourth-order valence-corrected chi connectivity index (χ4v) is 1.49. The predicted molar refractivity (Wildman–Crippen MR) is 61.2 cm³/mol. The molecule has 0 fully saturated rings. The van der Waals surface area contributed by atoms with Crippen LogP contribution in [0, 0.1) is 6.92 Å². The summed E-state index contributed by atoms with van der Waals surface area (Å²) >= 11 is 1.22. The Kier molecular flexibility index (Phi) is 3.58. The largest absolute Gasteiger partial charge is 0.343 e. The van der Waals surface area contributed by atoms with Gasteiger partial charge in [0.1, 0.15) is 5.01 Å². The van der Waals surface area contributed by atoms with Crippen molar-refractivity contribution in [2.24, 2.45) is 0 Å². The van der Waals surface area contributed by atoms with Crippen molar-refractivity contribution in [2.75, 3.05) is 5.32 Å². The standard InChI is InChI=1S/C9H14N4O2S/c1-5-12-13-8(16-5)10-6(14)7(15)11-9(2,3)4/h1-4H3,(H,11,15)(H,10,13,14). The Hall–Kier alpha value is -1.50. The number of carbonyl (C=O) groups is 2. The molecule has 0 saturated carbocycles. The molecule has 1 rings (SSSR count). The highest BCUT2D eigenvalue weighted by Crippen LogP contribution is 2.13. The van der Waals surface area contributed by atoms with E-state index in [4.69, 9.17) is 0 Å². The lowest BCUT2D eigenvalue weighted by molar-refractivity contribution is -0.137. The first-order valence-corrected chi connectivity index (χ1v) is 5.53. The van der Waals surface area contributed by atoms with Crippen molar-refractivity contribution in [2.45, 2.75) is 33.2 Å². The summed E-state index contributed by atoms with van der Waals surface area (Å²) in [5, 5.41) is 13.4. The fourth-order valence-electron chi connectivity index (χ4n) is 0.898. The third-order valence-electron chi connectivity index (χ3n) is 1.44. The maximum absolute atomic E-state index is 11.4. The van der Waals surface area contributed by atoms with E-state index in [1.54, 1.807) is 27.7 Å². The molecule has 2 amide bonds. The SMILES string of the molecule is Cc1nnc(NC(=O)C(=O)NC(C)(C)C)s1. The minimum absolute atomic E-state index is 0.326. The van der Waals surface area contributed by atoms with Crippen molar-refractivity contribution in [1.29, 1.82) is 0 Å². The predicted octanol–water partition coefficient (Wildman–Crippen LogP) is 0.700. The van der Waals surface area contributed by atoms with Gasteiger partial charge in [-0.25, -0.2) is 0 Å². The molecular weight excluding hydrogens is 228 g/mol. The minimum atomic E-state index is -0.730. The van der Waals surface area contributed by atoms with Crippen LogP contribution in [0.3, 0.4) is 0 Å². The summed E-state index contributed by atoms with van der Waals surface area (Å²) in [5.41, 5.74) is -0.439. The van der Waals surface area contributed by atoms with Crippen LogP contribution in [-0.2, 0) is 9.59 Å². The number of amides is 2. The maximum Gasteiger partial charge on any atom is 0.315 e. The molecular formula is C9H14N4O2S. The van der Waals surface area contributed by atoms with Crippen molar-refractivity contribution >= 4 is 28.3 Å². The first kappa shape index (κ1) is 12.6. The molecule has 0 spiro atoms. The van der Waals surface area contributed by atoms with Crippen LogP contribution in [0.5, 0.6) is 0 Å². The van der Waals surface area contributed by atoms with Gasteiger partial charge >= 0.3 is 11.8 Å². The smallest absolute Gasteiger partial charge is 0.315 e. The third kappa shape index (κ3) is 3.93. The lowest BCUT2D eigenvalue weighted by Gasteiger charge is -2.19. The molecule has 0 bridgehead atoms. The molecule has 2 N–H and O–H groups in total. The van der Waals surface area contributed by atoms with Gasteiger partial charge in [-0.2, -0.15) is 0 Å². The normalized spacial score (nSPS) is 11.0. The average Bonchev–Trinajstić information content (AvgIpc) is 2.48. The minimum Gasteiger partial charge on any atom is -0.343 e. The molecule has 88 valence electrons. The number of nitrogens with zero attached hydrogens (tertiary/aromatic N) is 2. The van der Waals surface area contributed by atoms with Crippen LogP contribution in [-0.4, -0.2) is 27.6 Å². The molecule has 6 nitrogen and oxygen atoms in total. The van der Waals surface area contributed by atoms with Crippen LogP contribution in [0.1, 0.15) is 25.8 Å². The Balaban J connectivity index is 2.56. The highest BCUT2D eigenvalue weighted by molar-refractivity contribution is 7.15. The monoisotopic (exact) mass is 242 g/mol. The molecule has 0 aromatic carbocycles. The van der Waals surface area contributed by atoms with E-state index in [0.717, 1.165) is 5.01 Å². The Morgan fingerprint density at radius 1 is 1.19 bits per heavy atom. The van der Waals surface area contributed by atoms with Gasteiger partial charge < -0.3 is 5.32 Å². The van der Waals surface area contributed by atoms with Gasteiger partial charge in [-0.15, -0.1) is 10.2 Å². The molecule has 1 heterocycles. The number of nitrogens with one attached hydrogen (secondary N) is 2. The summed E-state index contributed by atoms with van der Waals surface area (Å²) in [4.78, 5) is 22.8. The number of anilines is 1. The lowest BCUT2D eigenvalue weighted by atomic mass is 10.1. The summed E-state index contributed by atoms with van der Waals surface area (Å²) in [6.45, 7) is 7.16. The highest BCUT2D eigenvalue weighted by Gasteiger charge is 2.21. The number of rotatable bonds is 1. The van der Waals surface area contributed by atoms with Gasteiger partial charge in [0.15, 0.2) is 0 Å². The number of hydrogen-bond donors (Lipinski definition) is 2. The quantitative estimate of drug-likeness (QED) is 0.710. The molecule has 0 radical (unpaired) electrons. The van der Waals surface area contributed by atoms with Crippen LogP contribution in [0.2, 0.25) is 0 Å². The van der Waals surface area contributed by atoms with Crippen LogP contribution < -0.4 is 10.6 Å². The second-order valence-electron chi connectivity index (χ2n) is 4.28. The average molecular weight is 242 g/mol. The van der Waals surface area contributed by atoms with E-state index in [-0.39, 0.29) is 0 Å². The fraction of sp³-hybridized carbons (Fsp3) is 0.556. The molecule has 0 atom stereocenters. The molecule has 0 unspecified atom stereocenters. The summed E-state index contributed by atoms with van der Waals surface area (Å²) < 4.78 is 0. The Bertz CT molecular complexity index is 408. The lowest BCUT2D eigenvalue weighted by Crippen LogP contribution is -2.46. The van der Waals surface area contributed by atoms with Crippen LogP contribution in [0.15, 0.2) is 0 Å². The summed E-state index contributed by atoms with van der Waals surface area (Å²) in [6, 6.07) is 0. The van der Waals surface area contributed by atoms with E-state index >= 15 is 0 Å². The Morgan fingerprint density at radius 2 is 1.81 bits per heavy atom. The van der Waals surface area contributed by atoms with E-state index < -0.39 is 17.4 Å². The summed E-state index contributed by atoms with van der Waals surface area (Å²) in [7, 11) is 0. The zero-order valence-electron chi connectivity index (χ0n) is 9.62. The molecule has 1 aromatic heterocycles. The number of aromatic nitrogens is 2. The van der Waals surface area contributed by atoms with E-state index in [2.05, 4.69) is 20.8 Å². The van der Waals surface area contributed by atoms with Gasteiger partial charge in [0, 0.05) is 5.54 Å². The molecule has 0 aliphatic carbocycles. The molecule has 0 aliphatic rings. The van der Waals surface area contributed by atoms with Gasteiger partial charge in [0.2, 0.25) is 5.13 Å². The Morgan fingerprint density at radius 3 is 2.25 bits per heavy atom. The zero-order chi connectivity index (χ0) is 12.3. The van der Waals surface area contributed by atoms with E-state index in [0.29, 0.717) is 5.13 Å². The van der Waals surface area contributed by atoms with Crippen LogP contribution in [0.25, 0.3) is 0 Å². The number of hydrogen-bond acceptors (Lipinski definition) is 5. The highest BCUT2D eigenvalue weighted by atomic mass is 32.1. The molecule has 0 saturated heterocycles. The number of aryl methyl sites for hydroxylation is 1. The van der Waals surface area contributed by atoms with E-state index in [1.165, 1.54) is 11.3 Å². The van der Waals surface area contributed by atoms with Gasteiger partial charge in [0.25, 0.3) is 0 Å². The second kappa shape index (κ2) is 4.56. The van der Waals surface area contributed by atoms with Crippen molar-refractivity contribution in [3.05, 3.63) is 5.01 Å². The molecule has 0 aliphatic heterocycles. The zero-order valence-corrected chi connectivity index (χ0v) is 10.4. The van der Waals surface area contributed by atoms with Gasteiger partial charge in [0.05, 0.1) is 0 Å². The van der Waals surface area contributed by atoms with Gasteiger partial charge in [-0.05, 0) is 27.7 Å². The van der Waals surface area contributed by atoms with Gasteiger partial charge in [-0.3, -0.25) is 14.9 Å². The summed E-state index contributed by atoms with van der Waals surface area (Å²) in [5.74, 6) is -1.41. The molecule has 1 aromatic rings. The second-order valence-corrected chi connectivity index (χ2v) is 5.47. The third-order valence-corrected chi connectivity index (χ3v) is 2.20. The van der Waals surface area contributed by atoms with Crippen molar-refractivity contribution in [3.63, 3.8) is 0 Å². The van der Waals surface area contributed by atoms with Gasteiger partial charge in [-0.1, -0.05) is 11.3 Å². The number of carbonyl (C=O) groups excluding carboxylic acids is 2. The van der Waals surface area contributed by atoms with Crippen LogP contribution >= 0.6 is 11.3 Å². The first-order valence-electron chi connectivity index (χ1n) is 4.71. The van der Waals surface area contributed by atoms with Crippen molar-refractivity contribution < 1.29 is 9.59 Å². The van der Waals surface area contributed by atoms with E-state index in [1.807, 2.05) is 0 Å². The van der Waals surface area contributed by atoms with Crippen molar-refractivity contribution in [1.82, 2.24) is 15.5 Å². The van der Waals surface area contributed by atoms with Crippen LogP contribution in [0.4, 0.5) is 5.13 Å². The Labute approximate surface area is 97.5 Å². The van der Waals surface area contributed by atoms with E-state index in [9.17, 15) is 9.59 Å². The summed E-state index contributed by atoms with van der Waals surface area (Å²) in [6.07, 6.45) is 0. The topological polar surface area (TPSA) is 84.0 Å². The molecule has 7 heteroatoms.